The standard InChI is InChI=1S/C27H26N4O3S/c1-26(2,24(32)30-25-31-28-15-35-25)22-18-7-5-6-8-21(18)34-23-19(22)13-14-20(29-23)16-9-11-17(12-10-16)27(3,4)33/h5-15,22,33H,1-4H3,(H,30,31,32)/t22-/m0/s1. The maximum atomic E-state index is 13.4. The first kappa shape index (κ1) is 23.1. The summed E-state index contributed by atoms with van der Waals surface area (Å²) in [5.41, 5.74) is 4.10. The number of aliphatic hydroxyl groups is 1. The monoisotopic (exact) mass is 486 g/mol. The van der Waals surface area contributed by atoms with Crippen LogP contribution in [0.25, 0.3) is 11.3 Å². The molecule has 0 saturated heterocycles. The minimum absolute atomic E-state index is 0.159. The molecule has 1 atom stereocenters. The van der Waals surface area contributed by atoms with E-state index in [0.717, 1.165) is 27.9 Å². The van der Waals surface area contributed by atoms with Crippen LogP contribution in [0.4, 0.5) is 5.13 Å². The molecular weight excluding hydrogens is 460 g/mol. The summed E-state index contributed by atoms with van der Waals surface area (Å²) in [7, 11) is 0. The third-order valence-corrected chi connectivity index (χ3v) is 7.02. The molecule has 8 heteroatoms. The Hall–Kier alpha value is -3.62. The van der Waals surface area contributed by atoms with Gasteiger partial charge in [-0.2, -0.15) is 0 Å². The van der Waals surface area contributed by atoms with Crippen LogP contribution >= 0.6 is 11.3 Å². The Labute approximate surface area is 207 Å². The molecule has 1 aliphatic heterocycles. The number of carbonyl (C=O) groups excluding carboxylic acids is 1. The maximum absolute atomic E-state index is 13.4. The number of pyridine rings is 1. The van der Waals surface area contributed by atoms with E-state index < -0.39 is 11.0 Å². The first-order valence-electron chi connectivity index (χ1n) is 11.3. The number of anilines is 1. The van der Waals surface area contributed by atoms with Gasteiger partial charge in [-0.1, -0.05) is 73.7 Å². The highest BCUT2D eigenvalue weighted by atomic mass is 32.1. The molecule has 0 saturated carbocycles. The SMILES string of the molecule is CC(C)(O)c1ccc(-c2ccc3c(n2)Oc2ccccc2[C@@H]3C(C)(C)C(=O)Nc2nncs2)cc1. The number of rotatable bonds is 5. The molecule has 2 aromatic heterocycles. The molecule has 4 aromatic rings. The molecule has 3 heterocycles. The second kappa shape index (κ2) is 8.55. The molecule has 5 rings (SSSR count). The second-order valence-corrected chi connectivity index (χ2v) is 10.6. The summed E-state index contributed by atoms with van der Waals surface area (Å²) in [4.78, 5) is 18.2. The van der Waals surface area contributed by atoms with Crippen molar-refractivity contribution in [1.82, 2.24) is 15.2 Å². The lowest BCUT2D eigenvalue weighted by Gasteiger charge is -2.37. The number of ether oxygens (including phenoxy) is 1. The van der Waals surface area contributed by atoms with E-state index in [9.17, 15) is 9.90 Å². The number of benzene rings is 2. The van der Waals surface area contributed by atoms with E-state index in [0.29, 0.717) is 16.8 Å². The highest BCUT2D eigenvalue weighted by Gasteiger charge is 2.44. The fourth-order valence-corrected chi connectivity index (χ4v) is 4.88. The number of aromatic nitrogens is 3. The molecule has 0 unspecified atom stereocenters. The number of hydrogen-bond donors (Lipinski definition) is 2. The summed E-state index contributed by atoms with van der Waals surface area (Å²) in [6.45, 7) is 7.35. The van der Waals surface area contributed by atoms with Gasteiger partial charge in [0.1, 0.15) is 11.3 Å². The molecule has 0 bridgehead atoms. The second-order valence-electron chi connectivity index (χ2n) is 9.72. The molecule has 0 spiro atoms. The van der Waals surface area contributed by atoms with Crippen molar-refractivity contribution < 1.29 is 14.6 Å². The smallest absolute Gasteiger partial charge is 0.232 e. The van der Waals surface area contributed by atoms with Gasteiger partial charge >= 0.3 is 0 Å². The zero-order chi connectivity index (χ0) is 24.8. The highest BCUT2D eigenvalue weighted by Crippen LogP contribution is 2.52. The van der Waals surface area contributed by atoms with Crippen molar-refractivity contribution in [3.05, 3.63) is 82.9 Å². The molecule has 1 aliphatic rings. The Morgan fingerprint density at radius 3 is 2.43 bits per heavy atom. The molecule has 0 radical (unpaired) electrons. The molecule has 178 valence electrons. The van der Waals surface area contributed by atoms with Crippen LogP contribution in [-0.2, 0) is 10.4 Å². The van der Waals surface area contributed by atoms with Gasteiger partial charge in [-0.25, -0.2) is 4.98 Å². The van der Waals surface area contributed by atoms with Gasteiger partial charge in [-0.05, 0) is 31.5 Å². The molecule has 2 N–H and O–H groups in total. The molecule has 1 amide bonds. The summed E-state index contributed by atoms with van der Waals surface area (Å²) in [6.07, 6.45) is 0. The number of fused-ring (bicyclic) bond motifs is 2. The van der Waals surface area contributed by atoms with Crippen molar-refractivity contribution in [2.24, 2.45) is 5.41 Å². The highest BCUT2D eigenvalue weighted by molar-refractivity contribution is 7.13. The average molecular weight is 487 g/mol. The lowest BCUT2D eigenvalue weighted by Crippen LogP contribution is -2.38. The van der Waals surface area contributed by atoms with Crippen LogP contribution in [0.5, 0.6) is 11.6 Å². The third-order valence-electron chi connectivity index (χ3n) is 6.41. The third kappa shape index (κ3) is 4.31. The van der Waals surface area contributed by atoms with Gasteiger partial charge in [0.25, 0.3) is 0 Å². The summed E-state index contributed by atoms with van der Waals surface area (Å²) in [5, 5.41) is 21.4. The van der Waals surface area contributed by atoms with E-state index >= 15 is 0 Å². The van der Waals surface area contributed by atoms with E-state index in [1.54, 1.807) is 19.4 Å². The fourth-order valence-electron chi connectivity index (χ4n) is 4.44. The van der Waals surface area contributed by atoms with Crippen molar-refractivity contribution in [3.63, 3.8) is 0 Å². The largest absolute Gasteiger partial charge is 0.438 e. The number of para-hydroxylation sites is 1. The van der Waals surface area contributed by atoms with E-state index in [1.165, 1.54) is 11.3 Å². The molecule has 2 aromatic carbocycles. The molecule has 0 fully saturated rings. The topological polar surface area (TPSA) is 97.2 Å². The van der Waals surface area contributed by atoms with Crippen molar-refractivity contribution >= 4 is 22.4 Å². The number of nitrogens with zero attached hydrogens (tertiary/aromatic N) is 3. The average Bonchev–Trinajstić information content (AvgIpc) is 3.34. The molecule has 35 heavy (non-hydrogen) atoms. The summed E-state index contributed by atoms with van der Waals surface area (Å²) < 4.78 is 6.23. The quantitative estimate of drug-likeness (QED) is 0.374. The molecule has 7 nitrogen and oxygen atoms in total. The summed E-state index contributed by atoms with van der Waals surface area (Å²) in [6, 6.07) is 19.4. The van der Waals surface area contributed by atoms with Crippen LogP contribution in [0.2, 0.25) is 0 Å². The normalized spacial score (nSPS) is 15.1. The van der Waals surface area contributed by atoms with Gasteiger partial charge in [0.15, 0.2) is 0 Å². The maximum Gasteiger partial charge on any atom is 0.232 e. The van der Waals surface area contributed by atoms with Gasteiger partial charge in [-0.15, -0.1) is 10.2 Å². The summed E-state index contributed by atoms with van der Waals surface area (Å²) in [5.74, 6) is 0.723. The van der Waals surface area contributed by atoms with E-state index in [1.807, 2.05) is 74.5 Å². The van der Waals surface area contributed by atoms with Crippen LogP contribution in [0.15, 0.2) is 66.2 Å². The minimum atomic E-state index is -0.914. The van der Waals surface area contributed by atoms with Crippen LogP contribution < -0.4 is 10.1 Å². The van der Waals surface area contributed by atoms with E-state index in [-0.39, 0.29) is 11.8 Å². The lowest BCUT2D eigenvalue weighted by molar-refractivity contribution is -0.124. The number of hydrogen-bond acceptors (Lipinski definition) is 7. The van der Waals surface area contributed by atoms with Gasteiger partial charge in [0.2, 0.25) is 16.9 Å². The Bertz CT molecular complexity index is 1380. The van der Waals surface area contributed by atoms with Crippen molar-refractivity contribution in [1.29, 1.82) is 0 Å². The van der Waals surface area contributed by atoms with Gasteiger partial charge in [0.05, 0.1) is 16.7 Å². The molecular formula is C27H26N4O3S. The Balaban J connectivity index is 1.55. The predicted molar refractivity (Wildman–Crippen MR) is 136 cm³/mol. The first-order chi connectivity index (χ1) is 16.6. The van der Waals surface area contributed by atoms with Gasteiger partial charge < -0.3 is 15.2 Å². The van der Waals surface area contributed by atoms with Gasteiger partial charge in [0, 0.05) is 22.6 Å². The van der Waals surface area contributed by atoms with Crippen LogP contribution in [-0.4, -0.2) is 26.2 Å². The van der Waals surface area contributed by atoms with Crippen LogP contribution in [0.3, 0.4) is 0 Å². The number of carbonyl (C=O) groups is 1. The Morgan fingerprint density at radius 2 is 1.74 bits per heavy atom. The zero-order valence-corrected chi connectivity index (χ0v) is 20.8. The van der Waals surface area contributed by atoms with Crippen molar-refractivity contribution in [3.8, 4) is 22.9 Å². The summed E-state index contributed by atoms with van der Waals surface area (Å²) >= 11 is 1.28. The van der Waals surface area contributed by atoms with Crippen molar-refractivity contribution in [2.75, 3.05) is 5.32 Å². The Morgan fingerprint density at radius 1 is 1.00 bits per heavy atom. The van der Waals surface area contributed by atoms with Crippen LogP contribution in [0, 0.1) is 5.41 Å². The van der Waals surface area contributed by atoms with Crippen LogP contribution in [0.1, 0.15) is 50.3 Å². The minimum Gasteiger partial charge on any atom is -0.438 e. The van der Waals surface area contributed by atoms with Crippen molar-refractivity contribution in [2.45, 2.75) is 39.2 Å². The zero-order valence-electron chi connectivity index (χ0n) is 19.9. The molecule has 0 aliphatic carbocycles. The Kier molecular flexibility index (Phi) is 5.65. The van der Waals surface area contributed by atoms with E-state index in [2.05, 4.69) is 15.5 Å². The first-order valence-corrected chi connectivity index (χ1v) is 12.2. The number of amides is 1. The van der Waals surface area contributed by atoms with Gasteiger partial charge in [-0.3, -0.25) is 4.79 Å². The van der Waals surface area contributed by atoms with E-state index in [4.69, 9.17) is 9.72 Å². The number of nitrogens with one attached hydrogen (secondary N) is 1. The fraction of sp³-hybridized carbons (Fsp3) is 0.259. The predicted octanol–water partition coefficient (Wildman–Crippen LogP) is 5.73. The lowest BCUT2D eigenvalue weighted by atomic mass is 9.69.